The molecule has 1 rings (SSSR count). The number of anilines is 1. The standard InChI is InChI=1S/C8H11N3O2.ClH/c1-5-4-6(2)10-7(9-5)11(3)8(12)13;/h4H,1-3H3,(H,12,13);1H. The van der Waals surface area contributed by atoms with Gasteiger partial charge in [-0.2, -0.15) is 0 Å². The summed E-state index contributed by atoms with van der Waals surface area (Å²) in [6.45, 7) is 3.60. The molecule has 0 saturated heterocycles. The Morgan fingerprint density at radius 2 is 1.79 bits per heavy atom. The average molecular weight is 218 g/mol. The molecule has 0 unspecified atom stereocenters. The number of aromatic nitrogens is 2. The molecule has 1 amide bonds. The van der Waals surface area contributed by atoms with Crippen molar-refractivity contribution in [3.8, 4) is 0 Å². The zero-order valence-electron chi connectivity index (χ0n) is 8.18. The molecule has 14 heavy (non-hydrogen) atoms. The smallest absolute Gasteiger partial charge is 0.413 e. The summed E-state index contributed by atoms with van der Waals surface area (Å²) in [7, 11) is 1.41. The molecule has 0 saturated carbocycles. The number of rotatable bonds is 1. The number of aryl methyl sites for hydroxylation is 2. The van der Waals surface area contributed by atoms with Crippen LogP contribution in [-0.2, 0) is 0 Å². The van der Waals surface area contributed by atoms with Gasteiger partial charge in [-0.1, -0.05) is 0 Å². The molecule has 1 aromatic heterocycles. The van der Waals surface area contributed by atoms with E-state index in [1.807, 2.05) is 0 Å². The van der Waals surface area contributed by atoms with E-state index in [1.54, 1.807) is 19.9 Å². The molecule has 6 heteroatoms. The summed E-state index contributed by atoms with van der Waals surface area (Å²) in [4.78, 5) is 19.5. The lowest BCUT2D eigenvalue weighted by Gasteiger charge is -2.11. The maximum atomic E-state index is 10.6. The van der Waals surface area contributed by atoms with Crippen molar-refractivity contribution in [1.82, 2.24) is 9.97 Å². The summed E-state index contributed by atoms with van der Waals surface area (Å²) in [5.74, 6) is 0.213. The van der Waals surface area contributed by atoms with Crippen molar-refractivity contribution in [1.29, 1.82) is 0 Å². The van der Waals surface area contributed by atoms with Gasteiger partial charge in [0.05, 0.1) is 0 Å². The minimum atomic E-state index is -1.06. The first kappa shape index (κ1) is 12.6. The zero-order valence-corrected chi connectivity index (χ0v) is 9.00. The molecule has 0 aliphatic heterocycles. The van der Waals surface area contributed by atoms with E-state index in [2.05, 4.69) is 9.97 Å². The van der Waals surface area contributed by atoms with Crippen molar-refractivity contribution in [2.45, 2.75) is 13.8 Å². The van der Waals surface area contributed by atoms with Crippen LogP contribution in [0.3, 0.4) is 0 Å². The van der Waals surface area contributed by atoms with E-state index in [1.165, 1.54) is 7.05 Å². The van der Waals surface area contributed by atoms with Crippen LogP contribution in [0.15, 0.2) is 6.07 Å². The highest BCUT2D eigenvalue weighted by Crippen LogP contribution is 2.07. The van der Waals surface area contributed by atoms with Gasteiger partial charge in [0.15, 0.2) is 0 Å². The summed E-state index contributed by atoms with van der Waals surface area (Å²) in [6, 6.07) is 1.79. The van der Waals surface area contributed by atoms with Gasteiger partial charge in [0.2, 0.25) is 5.95 Å². The first-order valence-electron chi connectivity index (χ1n) is 3.79. The number of halogens is 1. The lowest BCUT2D eigenvalue weighted by molar-refractivity contribution is 0.203. The Kier molecular flexibility index (Phi) is 4.30. The number of carbonyl (C=O) groups is 1. The van der Waals surface area contributed by atoms with Crippen LogP contribution in [0.2, 0.25) is 0 Å². The number of amides is 1. The van der Waals surface area contributed by atoms with E-state index < -0.39 is 6.09 Å². The van der Waals surface area contributed by atoms with E-state index in [0.717, 1.165) is 16.3 Å². The van der Waals surface area contributed by atoms with Crippen molar-refractivity contribution in [2.24, 2.45) is 0 Å². The molecular weight excluding hydrogens is 206 g/mol. The highest BCUT2D eigenvalue weighted by atomic mass is 35.5. The van der Waals surface area contributed by atoms with E-state index in [4.69, 9.17) is 5.11 Å². The van der Waals surface area contributed by atoms with Gasteiger partial charge in [-0.15, -0.1) is 12.4 Å². The Bertz CT molecular complexity index is 323. The van der Waals surface area contributed by atoms with E-state index in [9.17, 15) is 4.79 Å². The fourth-order valence-corrected chi connectivity index (χ4v) is 0.943. The van der Waals surface area contributed by atoms with Crippen molar-refractivity contribution in [2.75, 3.05) is 11.9 Å². The molecule has 1 heterocycles. The third-order valence-electron chi connectivity index (χ3n) is 1.56. The molecule has 0 atom stereocenters. The molecule has 0 spiro atoms. The van der Waals surface area contributed by atoms with Gasteiger partial charge in [-0.05, 0) is 19.9 Å². The van der Waals surface area contributed by atoms with Crippen LogP contribution in [0.4, 0.5) is 10.7 Å². The monoisotopic (exact) mass is 217 g/mol. The summed E-state index contributed by atoms with van der Waals surface area (Å²) >= 11 is 0. The third-order valence-corrected chi connectivity index (χ3v) is 1.56. The van der Waals surface area contributed by atoms with Crippen molar-refractivity contribution in [3.63, 3.8) is 0 Å². The van der Waals surface area contributed by atoms with Crippen LogP contribution < -0.4 is 4.90 Å². The van der Waals surface area contributed by atoms with Gasteiger partial charge in [0, 0.05) is 18.4 Å². The normalized spacial score (nSPS) is 9.07. The van der Waals surface area contributed by atoms with Gasteiger partial charge in [-0.25, -0.2) is 19.7 Å². The fourth-order valence-electron chi connectivity index (χ4n) is 0.943. The summed E-state index contributed by atoms with van der Waals surface area (Å²) in [6.07, 6.45) is -1.06. The molecule has 0 radical (unpaired) electrons. The second kappa shape index (κ2) is 4.76. The molecule has 78 valence electrons. The number of nitrogens with zero attached hydrogens (tertiary/aromatic N) is 3. The quantitative estimate of drug-likeness (QED) is 0.777. The summed E-state index contributed by atoms with van der Waals surface area (Å²) in [5, 5.41) is 8.66. The average Bonchev–Trinajstić information content (AvgIpc) is 2.01. The van der Waals surface area contributed by atoms with E-state index in [0.29, 0.717) is 0 Å². The Morgan fingerprint density at radius 1 is 1.36 bits per heavy atom. The summed E-state index contributed by atoms with van der Waals surface area (Å²) < 4.78 is 0. The van der Waals surface area contributed by atoms with E-state index in [-0.39, 0.29) is 18.4 Å². The predicted octanol–water partition coefficient (Wildman–Crippen LogP) is 1.63. The van der Waals surface area contributed by atoms with Crippen LogP contribution in [-0.4, -0.2) is 28.2 Å². The molecule has 1 aromatic rings. The molecule has 0 bridgehead atoms. The lowest BCUT2D eigenvalue weighted by Crippen LogP contribution is -2.26. The SMILES string of the molecule is Cc1cc(C)nc(N(C)C(=O)O)n1.Cl. The number of carboxylic acid groups (broad SMARTS) is 1. The number of hydrogen-bond donors (Lipinski definition) is 1. The van der Waals surface area contributed by atoms with Gasteiger partial charge >= 0.3 is 6.09 Å². The Morgan fingerprint density at radius 3 is 2.14 bits per heavy atom. The number of hydrogen-bond acceptors (Lipinski definition) is 3. The Hall–Kier alpha value is -1.36. The molecule has 0 fully saturated rings. The van der Waals surface area contributed by atoms with Crippen molar-refractivity contribution < 1.29 is 9.90 Å². The minimum Gasteiger partial charge on any atom is -0.465 e. The molecular formula is C8H12ClN3O2. The first-order valence-corrected chi connectivity index (χ1v) is 3.79. The molecule has 0 aliphatic carbocycles. The van der Waals surface area contributed by atoms with Crippen LogP contribution in [0.1, 0.15) is 11.4 Å². The van der Waals surface area contributed by atoms with Gasteiger partial charge in [0.1, 0.15) is 0 Å². The molecule has 1 N–H and O–H groups in total. The van der Waals surface area contributed by atoms with Crippen LogP contribution >= 0.6 is 12.4 Å². The Labute approximate surface area is 88.2 Å². The molecule has 5 nitrogen and oxygen atoms in total. The predicted molar refractivity (Wildman–Crippen MR) is 55.2 cm³/mol. The van der Waals surface area contributed by atoms with Crippen LogP contribution in [0.25, 0.3) is 0 Å². The van der Waals surface area contributed by atoms with Gasteiger partial charge < -0.3 is 5.11 Å². The fraction of sp³-hybridized carbons (Fsp3) is 0.375. The lowest BCUT2D eigenvalue weighted by atomic mass is 10.3. The van der Waals surface area contributed by atoms with E-state index >= 15 is 0 Å². The van der Waals surface area contributed by atoms with Crippen molar-refractivity contribution >= 4 is 24.4 Å². The summed E-state index contributed by atoms with van der Waals surface area (Å²) in [5.41, 5.74) is 1.52. The largest absolute Gasteiger partial charge is 0.465 e. The second-order valence-electron chi connectivity index (χ2n) is 2.79. The highest BCUT2D eigenvalue weighted by molar-refractivity contribution is 5.85. The minimum absolute atomic E-state index is 0. The topological polar surface area (TPSA) is 66.3 Å². The third kappa shape index (κ3) is 2.85. The second-order valence-corrected chi connectivity index (χ2v) is 2.79. The van der Waals surface area contributed by atoms with Crippen LogP contribution in [0.5, 0.6) is 0 Å². The van der Waals surface area contributed by atoms with Gasteiger partial charge in [0.25, 0.3) is 0 Å². The Balaban J connectivity index is 0.00000169. The van der Waals surface area contributed by atoms with Crippen LogP contribution in [0, 0.1) is 13.8 Å². The highest BCUT2D eigenvalue weighted by Gasteiger charge is 2.11. The zero-order chi connectivity index (χ0) is 10.0. The molecule has 0 aliphatic rings. The van der Waals surface area contributed by atoms with Gasteiger partial charge in [-0.3, -0.25) is 0 Å². The maximum absolute atomic E-state index is 10.6. The maximum Gasteiger partial charge on any atom is 0.413 e. The van der Waals surface area contributed by atoms with Crippen molar-refractivity contribution in [3.05, 3.63) is 17.5 Å². The molecule has 0 aromatic carbocycles. The first-order chi connectivity index (χ1) is 6.00.